The first kappa shape index (κ1) is 12.1. The maximum Gasteiger partial charge on any atom is 0.179 e. The summed E-state index contributed by atoms with van der Waals surface area (Å²) >= 11 is 9.57. The molecule has 1 saturated carbocycles. The van der Waals surface area contributed by atoms with E-state index >= 15 is 0 Å². The zero-order valence-corrected chi connectivity index (χ0v) is 11.5. The van der Waals surface area contributed by atoms with Crippen molar-refractivity contribution in [3.8, 4) is 11.5 Å². The van der Waals surface area contributed by atoms with Gasteiger partial charge in [-0.3, -0.25) is 0 Å². The average Bonchev–Trinajstić information content (AvgIpc) is 3.10. The molecule has 0 radical (unpaired) electrons. The van der Waals surface area contributed by atoms with Gasteiger partial charge in [0.2, 0.25) is 0 Å². The average molecular weight is 306 g/mol. The van der Waals surface area contributed by atoms with Gasteiger partial charge in [0.1, 0.15) is 0 Å². The van der Waals surface area contributed by atoms with E-state index in [1.165, 1.54) is 12.8 Å². The summed E-state index contributed by atoms with van der Waals surface area (Å²) in [6.07, 6.45) is 2.53. The summed E-state index contributed by atoms with van der Waals surface area (Å²) in [5.41, 5.74) is 1.08. The van der Waals surface area contributed by atoms with Crippen LogP contribution in [0.4, 0.5) is 0 Å². The number of rotatable bonds is 5. The first-order valence-electron chi connectivity index (χ1n) is 5.29. The van der Waals surface area contributed by atoms with Crippen LogP contribution in [0, 0.1) is 5.92 Å². The molecule has 1 aliphatic rings. The van der Waals surface area contributed by atoms with Crippen molar-refractivity contribution in [3.05, 3.63) is 22.7 Å². The van der Waals surface area contributed by atoms with Gasteiger partial charge in [0.05, 0.1) is 18.7 Å². The smallest absolute Gasteiger partial charge is 0.179 e. The molecule has 1 aromatic rings. The Morgan fingerprint density at radius 3 is 2.75 bits per heavy atom. The lowest BCUT2D eigenvalue weighted by Crippen LogP contribution is -2.02. The Labute approximate surface area is 109 Å². The van der Waals surface area contributed by atoms with Gasteiger partial charge < -0.3 is 9.47 Å². The predicted octanol–water partition coefficient (Wildman–Crippen LogP) is 4.03. The number of methoxy groups -OCH3 is 1. The van der Waals surface area contributed by atoms with E-state index in [0.29, 0.717) is 22.4 Å². The quantitative estimate of drug-likeness (QED) is 0.765. The Bertz CT molecular complexity index is 378. The van der Waals surface area contributed by atoms with Gasteiger partial charge >= 0.3 is 0 Å². The van der Waals surface area contributed by atoms with E-state index in [1.54, 1.807) is 7.11 Å². The Balaban J connectivity index is 2.18. The van der Waals surface area contributed by atoms with Crippen LogP contribution in [0.15, 0.2) is 12.1 Å². The van der Waals surface area contributed by atoms with E-state index in [1.807, 2.05) is 12.1 Å². The van der Waals surface area contributed by atoms with E-state index in [-0.39, 0.29) is 0 Å². The number of ether oxygens (including phenoxy) is 2. The van der Waals surface area contributed by atoms with Crippen molar-refractivity contribution in [2.45, 2.75) is 18.2 Å². The minimum atomic E-state index is 0.620. The molecule has 16 heavy (non-hydrogen) atoms. The van der Waals surface area contributed by atoms with Gasteiger partial charge in [0, 0.05) is 5.33 Å². The van der Waals surface area contributed by atoms with Crippen molar-refractivity contribution in [2.24, 2.45) is 5.92 Å². The maximum absolute atomic E-state index is 6.17. The number of hydrogen-bond donors (Lipinski definition) is 0. The molecule has 88 valence electrons. The van der Waals surface area contributed by atoms with Crippen LogP contribution in [0.3, 0.4) is 0 Å². The van der Waals surface area contributed by atoms with E-state index in [2.05, 4.69) is 15.9 Å². The fourth-order valence-corrected chi connectivity index (χ4v) is 2.09. The topological polar surface area (TPSA) is 18.5 Å². The molecule has 2 rings (SSSR count). The highest BCUT2D eigenvalue weighted by atomic mass is 79.9. The Morgan fingerprint density at radius 2 is 2.19 bits per heavy atom. The highest BCUT2D eigenvalue weighted by molar-refractivity contribution is 9.08. The summed E-state index contributed by atoms with van der Waals surface area (Å²) < 4.78 is 11.0. The number of halogens is 2. The molecule has 0 heterocycles. The zero-order chi connectivity index (χ0) is 11.5. The lowest BCUT2D eigenvalue weighted by molar-refractivity contribution is 0.280. The Kier molecular flexibility index (Phi) is 3.98. The van der Waals surface area contributed by atoms with Gasteiger partial charge in [-0.15, -0.1) is 0 Å². The van der Waals surface area contributed by atoms with Crippen molar-refractivity contribution in [3.63, 3.8) is 0 Å². The van der Waals surface area contributed by atoms with Crippen molar-refractivity contribution < 1.29 is 9.47 Å². The molecule has 0 amide bonds. The molecule has 0 unspecified atom stereocenters. The second kappa shape index (κ2) is 5.28. The van der Waals surface area contributed by atoms with Gasteiger partial charge in [0.25, 0.3) is 0 Å². The standard InChI is InChI=1S/C12H14BrClO2/c1-15-11-5-9(6-13)4-10(14)12(11)16-7-8-2-3-8/h4-5,8H,2-3,6-7H2,1H3. The molecule has 2 nitrogen and oxygen atoms in total. The molecular formula is C12H14BrClO2. The van der Waals surface area contributed by atoms with Crippen molar-refractivity contribution in [1.82, 2.24) is 0 Å². The fourth-order valence-electron chi connectivity index (χ4n) is 1.48. The highest BCUT2D eigenvalue weighted by Crippen LogP contribution is 2.38. The molecule has 1 fully saturated rings. The third-order valence-corrected chi connectivity index (χ3v) is 3.53. The van der Waals surface area contributed by atoms with Crippen LogP contribution in [-0.2, 0) is 5.33 Å². The largest absolute Gasteiger partial charge is 0.493 e. The molecule has 0 atom stereocenters. The molecule has 1 aromatic carbocycles. The van der Waals surface area contributed by atoms with E-state index < -0.39 is 0 Å². The lowest BCUT2D eigenvalue weighted by atomic mass is 10.2. The highest BCUT2D eigenvalue weighted by Gasteiger charge is 2.23. The molecule has 0 N–H and O–H groups in total. The van der Waals surface area contributed by atoms with Crippen molar-refractivity contribution in [1.29, 1.82) is 0 Å². The Hall–Kier alpha value is -0.410. The van der Waals surface area contributed by atoms with E-state index in [4.69, 9.17) is 21.1 Å². The Morgan fingerprint density at radius 1 is 1.44 bits per heavy atom. The number of alkyl halides is 1. The van der Waals surface area contributed by atoms with Gasteiger partial charge in [-0.05, 0) is 36.5 Å². The summed E-state index contributed by atoms with van der Waals surface area (Å²) in [4.78, 5) is 0. The number of benzene rings is 1. The van der Waals surface area contributed by atoms with Crippen LogP contribution in [0.5, 0.6) is 11.5 Å². The van der Waals surface area contributed by atoms with E-state index in [0.717, 1.165) is 17.5 Å². The molecule has 0 aliphatic heterocycles. The zero-order valence-electron chi connectivity index (χ0n) is 9.13. The van der Waals surface area contributed by atoms with Crippen LogP contribution in [-0.4, -0.2) is 13.7 Å². The third-order valence-electron chi connectivity index (χ3n) is 2.60. The second-order valence-electron chi connectivity index (χ2n) is 4.00. The maximum atomic E-state index is 6.17. The normalized spacial score (nSPS) is 14.9. The summed E-state index contributed by atoms with van der Waals surface area (Å²) in [6, 6.07) is 3.85. The summed E-state index contributed by atoms with van der Waals surface area (Å²) in [7, 11) is 1.63. The molecule has 4 heteroatoms. The van der Waals surface area contributed by atoms with Crippen LogP contribution < -0.4 is 9.47 Å². The monoisotopic (exact) mass is 304 g/mol. The van der Waals surface area contributed by atoms with Crippen LogP contribution >= 0.6 is 27.5 Å². The van der Waals surface area contributed by atoms with E-state index in [9.17, 15) is 0 Å². The molecule has 0 aromatic heterocycles. The van der Waals surface area contributed by atoms with Crippen LogP contribution in [0.25, 0.3) is 0 Å². The third kappa shape index (κ3) is 2.83. The lowest BCUT2D eigenvalue weighted by Gasteiger charge is -2.13. The number of hydrogen-bond acceptors (Lipinski definition) is 2. The molecule has 0 bridgehead atoms. The van der Waals surface area contributed by atoms with Gasteiger partial charge in [-0.1, -0.05) is 27.5 Å². The fraction of sp³-hybridized carbons (Fsp3) is 0.500. The minimum absolute atomic E-state index is 0.620. The molecule has 0 spiro atoms. The first-order chi connectivity index (χ1) is 7.74. The summed E-state index contributed by atoms with van der Waals surface area (Å²) in [5.74, 6) is 2.08. The SMILES string of the molecule is COc1cc(CBr)cc(Cl)c1OCC1CC1. The molecular weight excluding hydrogens is 291 g/mol. The summed E-state index contributed by atoms with van der Waals surface area (Å²) in [5, 5.41) is 1.38. The van der Waals surface area contributed by atoms with Gasteiger partial charge in [-0.2, -0.15) is 0 Å². The first-order valence-corrected chi connectivity index (χ1v) is 6.79. The van der Waals surface area contributed by atoms with Gasteiger partial charge in [-0.25, -0.2) is 0 Å². The van der Waals surface area contributed by atoms with Crippen molar-refractivity contribution >= 4 is 27.5 Å². The summed E-state index contributed by atoms with van der Waals surface area (Å²) in [6.45, 7) is 0.740. The van der Waals surface area contributed by atoms with Crippen LogP contribution in [0.2, 0.25) is 5.02 Å². The second-order valence-corrected chi connectivity index (χ2v) is 4.96. The molecule has 1 aliphatic carbocycles. The minimum Gasteiger partial charge on any atom is -0.493 e. The van der Waals surface area contributed by atoms with Gasteiger partial charge in [0.15, 0.2) is 11.5 Å². The van der Waals surface area contributed by atoms with Crippen LogP contribution in [0.1, 0.15) is 18.4 Å². The van der Waals surface area contributed by atoms with Crippen molar-refractivity contribution in [2.75, 3.05) is 13.7 Å². The molecule has 0 saturated heterocycles. The predicted molar refractivity (Wildman–Crippen MR) is 68.9 cm³/mol.